The van der Waals surface area contributed by atoms with Crippen molar-refractivity contribution in [2.45, 2.75) is 31.1 Å². The van der Waals surface area contributed by atoms with Gasteiger partial charge in [0.2, 0.25) is 0 Å². The summed E-state index contributed by atoms with van der Waals surface area (Å²) in [5.41, 5.74) is 3.79. The Morgan fingerprint density at radius 1 is 1.21 bits per heavy atom. The van der Waals surface area contributed by atoms with Crippen molar-refractivity contribution in [2.24, 2.45) is 0 Å². The molecule has 0 saturated carbocycles. The summed E-state index contributed by atoms with van der Waals surface area (Å²) in [4.78, 5) is 11.1. The second-order valence-corrected chi connectivity index (χ2v) is 7.75. The Hall–Kier alpha value is -2.70. The molecule has 0 spiro atoms. The Kier molecular flexibility index (Phi) is 4.81. The van der Waals surface area contributed by atoms with Gasteiger partial charge in [0.05, 0.1) is 23.6 Å². The fraction of sp³-hybridized carbons (Fsp3) is 0.273. The molecule has 2 aromatic heterocycles. The van der Waals surface area contributed by atoms with Crippen molar-refractivity contribution in [1.29, 1.82) is 0 Å². The van der Waals surface area contributed by atoms with Crippen LogP contribution in [0.5, 0.6) is 0 Å². The van der Waals surface area contributed by atoms with E-state index in [1.807, 2.05) is 30.4 Å². The van der Waals surface area contributed by atoms with E-state index in [1.54, 1.807) is 12.4 Å². The number of rotatable bonds is 4. The number of hydrogen-bond acceptors (Lipinski definition) is 4. The van der Waals surface area contributed by atoms with Crippen LogP contribution in [0.3, 0.4) is 0 Å². The first-order valence-corrected chi connectivity index (χ1v) is 10.1. The lowest BCUT2D eigenvalue weighted by atomic mass is 10.1. The predicted octanol–water partition coefficient (Wildman–Crippen LogP) is 4.43. The van der Waals surface area contributed by atoms with Crippen molar-refractivity contribution in [3.8, 4) is 0 Å². The van der Waals surface area contributed by atoms with Gasteiger partial charge in [-0.2, -0.15) is 0 Å². The maximum Gasteiger partial charge on any atom is 0.161 e. The number of anilines is 1. The highest BCUT2D eigenvalue weighted by molar-refractivity contribution is 6.22. The number of aryl methyl sites for hydroxylation is 1. The lowest BCUT2D eigenvalue weighted by Gasteiger charge is -2.29. The van der Waals surface area contributed by atoms with E-state index < -0.39 is 0 Å². The fourth-order valence-electron chi connectivity index (χ4n) is 3.92. The standard InChI is InChI=1S/C22H20ClFN4O/c23-18-12-17(5-6-20(18)29-13-15-3-1-4-16(24)11-15)28-9-2-8-27-10-7-19-21(27)22(28)26-14-25-19/h1,3-7,10-12,14,18,20H,2,8-9,13H2. The van der Waals surface area contributed by atoms with E-state index in [0.717, 1.165) is 47.6 Å². The van der Waals surface area contributed by atoms with E-state index >= 15 is 0 Å². The largest absolute Gasteiger partial charge is 0.368 e. The van der Waals surface area contributed by atoms with Crippen LogP contribution in [0.4, 0.5) is 10.2 Å². The molecule has 1 aliphatic heterocycles. The Bertz CT molecular complexity index is 1110. The second kappa shape index (κ2) is 7.61. The van der Waals surface area contributed by atoms with Gasteiger partial charge in [0.1, 0.15) is 17.7 Å². The number of hydrogen-bond donors (Lipinski definition) is 0. The molecule has 2 atom stereocenters. The first-order chi connectivity index (χ1) is 14.2. The molecule has 7 heteroatoms. The van der Waals surface area contributed by atoms with Gasteiger partial charge in [-0.1, -0.05) is 18.2 Å². The molecule has 0 saturated heterocycles. The first-order valence-electron chi connectivity index (χ1n) is 9.66. The van der Waals surface area contributed by atoms with Gasteiger partial charge in [0, 0.05) is 25.0 Å². The van der Waals surface area contributed by atoms with Crippen LogP contribution < -0.4 is 4.90 Å². The number of allylic oxidation sites excluding steroid dienone is 1. The SMILES string of the molecule is Fc1cccc(COC2C=CC(N3CCCn4ccc5ncnc3c54)=CC2Cl)c1. The summed E-state index contributed by atoms with van der Waals surface area (Å²) < 4.78 is 21.5. The Labute approximate surface area is 173 Å². The molecule has 148 valence electrons. The van der Waals surface area contributed by atoms with Crippen LogP contribution in [0.1, 0.15) is 12.0 Å². The quantitative estimate of drug-likeness (QED) is 0.597. The van der Waals surface area contributed by atoms with Crippen LogP contribution in [0.2, 0.25) is 0 Å². The molecule has 0 amide bonds. The molecule has 29 heavy (non-hydrogen) atoms. The van der Waals surface area contributed by atoms with Crippen molar-refractivity contribution in [3.05, 3.63) is 78.2 Å². The van der Waals surface area contributed by atoms with Crippen LogP contribution in [-0.2, 0) is 17.9 Å². The molecule has 0 fully saturated rings. The van der Waals surface area contributed by atoms with E-state index in [-0.39, 0.29) is 17.3 Å². The minimum Gasteiger partial charge on any atom is -0.368 e. The van der Waals surface area contributed by atoms with Gasteiger partial charge in [-0.25, -0.2) is 14.4 Å². The van der Waals surface area contributed by atoms with Gasteiger partial charge >= 0.3 is 0 Å². The topological polar surface area (TPSA) is 43.2 Å². The molecule has 5 nitrogen and oxygen atoms in total. The summed E-state index contributed by atoms with van der Waals surface area (Å²) in [6.07, 6.45) is 10.4. The van der Waals surface area contributed by atoms with Gasteiger partial charge in [-0.15, -0.1) is 11.6 Å². The summed E-state index contributed by atoms with van der Waals surface area (Å²) in [6, 6.07) is 8.44. The van der Waals surface area contributed by atoms with Crippen LogP contribution in [0.25, 0.3) is 11.0 Å². The van der Waals surface area contributed by atoms with Gasteiger partial charge in [-0.05, 0) is 42.3 Å². The molecule has 3 heterocycles. The zero-order chi connectivity index (χ0) is 19.8. The highest BCUT2D eigenvalue weighted by Gasteiger charge is 2.26. The lowest BCUT2D eigenvalue weighted by molar-refractivity contribution is 0.0749. The third kappa shape index (κ3) is 3.54. The third-order valence-electron chi connectivity index (χ3n) is 5.31. The summed E-state index contributed by atoms with van der Waals surface area (Å²) in [7, 11) is 0. The summed E-state index contributed by atoms with van der Waals surface area (Å²) in [5, 5.41) is -0.323. The maximum absolute atomic E-state index is 13.4. The Balaban J connectivity index is 1.36. The number of halogens is 2. The maximum atomic E-state index is 13.4. The summed E-state index contributed by atoms with van der Waals surface area (Å²) >= 11 is 6.63. The normalized spacial score (nSPS) is 21.3. The predicted molar refractivity (Wildman–Crippen MR) is 111 cm³/mol. The average molecular weight is 411 g/mol. The minimum absolute atomic E-state index is 0.267. The van der Waals surface area contributed by atoms with Crippen LogP contribution in [0.15, 0.2) is 66.8 Å². The smallest absolute Gasteiger partial charge is 0.161 e. The van der Waals surface area contributed by atoms with Crippen molar-refractivity contribution in [1.82, 2.24) is 14.5 Å². The molecular formula is C22H20ClFN4O. The highest BCUT2D eigenvalue weighted by atomic mass is 35.5. The number of benzene rings is 1. The Morgan fingerprint density at radius 2 is 2.14 bits per heavy atom. The van der Waals surface area contributed by atoms with Crippen molar-refractivity contribution in [3.63, 3.8) is 0 Å². The van der Waals surface area contributed by atoms with Gasteiger partial charge in [-0.3, -0.25) is 0 Å². The molecule has 2 aliphatic rings. The molecule has 1 aliphatic carbocycles. The molecule has 3 aromatic rings. The minimum atomic E-state index is -0.323. The first kappa shape index (κ1) is 18.3. The van der Waals surface area contributed by atoms with E-state index in [2.05, 4.69) is 25.6 Å². The highest BCUT2D eigenvalue weighted by Crippen LogP contribution is 2.32. The van der Waals surface area contributed by atoms with Gasteiger partial charge in [0.15, 0.2) is 5.82 Å². The molecule has 0 N–H and O–H groups in total. The van der Waals surface area contributed by atoms with Crippen LogP contribution in [-0.4, -0.2) is 32.6 Å². The zero-order valence-electron chi connectivity index (χ0n) is 15.7. The second-order valence-electron chi connectivity index (χ2n) is 7.25. The molecular weight excluding hydrogens is 391 g/mol. The van der Waals surface area contributed by atoms with Gasteiger partial charge < -0.3 is 14.2 Å². The molecule has 0 radical (unpaired) electrons. The molecule has 5 rings (SSSR count). The number of aromatic nitrogens is 3. The Morgan fingerprint density at radius 3 is 3.00 bits per heavy atom. The van der Waals surface area contributed by atoms with E-state index in [1.165, 1.54) is 12.1 Å². The monoisotopic (exact) mass is 410 g/mol. The van der Waals surface area contributed by atoms with E-state index in [0.29, 0.717) is 6.61 Å². The number of nitrogens with zero attached hydrogens (tertiary/aromatic N) is 4. The van der Waals surface area contributed by atoms with Crippen molar-refractivity contribution >= 4 is 28.5 Å². The fourth-order valence-corrected chi connectivity index (χ4v) is 4.20. The lowest BCUT2D eigenvalue weighted by Crippen LogP contribution is -2.30. The van der Waals surface area contributed by atoms with Gasteiger partial charge in [0.25, 0.3) is 0 Å². The van der Waals surface area contributed by atoms with Crippen LogP contribution in [0, 0.1) is 5.82 Å². The van der Waals surface area contributed by atoms with Crippen molar-refractivity contribution < 1.29 is 9.13 Å². The van der Waals surface area contributed by atoms with E-state index in [9.17, 15) is 4.39 Å². The summed E-state index contributed by atoms with van der Waals surface area (Å²) in [6.45, 7) is 2.09. The molecule has 2 unspecified atom stereocenters. The number of alkyl halides is 1. The zero-order valence-corrected chi connectivity index (χ0v) is 16.5. The third-order valence-corrected chi connectivity index (χ3v) is 5.69. The van der Waals surface area contributed by atoms with Crippen LogP contribution >= 0.6 is 11.6 Å². The molecule has 0 bridgehead atoms. The molecule has 1 aromatic carbocycles. The average Bonchev–Trinajstić information content (AvgIpc) is 3.04. The summed E-state index contributed by atoms with van der Waals surface area (Å²) in [5.74, 6) is 0.633. The van der Waals surface area contributed by atoms with E-state index in [4.69, 9.17) is 16.3 Å². The van der Waals surface area contributed by atoms with Crippen molar-refractivity contribution in [2.75, 3.05) is 11.4 Å². The number of ether oxygens (including phenoxy) is 1.